The van der Waals surface area contributed by atoms with Crippen molar-refractivity contribution < 1.29 is 0 Å². The topological polar surface area (TPSA) is 0 Å². The Balaban J connectivity index is 2.32. The third kappa shape index (κ3) is 1.91. The van der Waals surface area contributed by atoms with Crippen molar-refractivity contribution in [2.75, 3.05) is 0 Å². The zero-order valence-corrected chi connectivity index (χ0v) is 9.09. The van der Waals surface area contributed by atoms with E-state index in [0.29, 0.717) is 5.92 Å². The predicted octanol–water partition coefficient (Wildman–Crippen LogP) is 4.02. The van der Waals surface area contributed by atoms with Crippen molar-refractivity contribution in [2.45, 2.75) is 33.1 Å². The molecule has 0 heteroatoms. The van der Waals surface area contributed by atoms with Crippen LogP contribution >= 0.6 is 0 Å². The second-order valence-corrected chi connectivity index (χ2v) is 4.59. The maximum atomic E-state index is 3.15. The van der Waals surface area contributed by atoms with Crippen molar-refractivity contribution in [2.24, 2.45) is 11.8 Å². The van der Waals surface area contributed by atoms with Crippen LogP contribution < -0.4 is 0 Å². The Hall–Kier alpha value is -1.00. The van der Waals surface area contributed by atoms with E-state index in [2.05, 4.69) is 31.7 Å². The summed E-state index contributed by atoms with van der Waals surface area (Å²) in [5.41, 5.74) is 6.22. The zero-order chi connectivity index (χ0) is 9.97. The summed E-state index contributed by atoms with van der Waals surface area (Å²) in [6, 6.07) is 0. The van der Waals surface area contributed by atoms with Gasteiger partial charge in [-0.1, -0.05) is 26.0 Å². The van der Waals surface area contributed by atoms with Gasteiger partial charge in [0, 0.05) is 0 Å². The van der Waals surface area contributed by atoms with E-state index in [0.717, 1.165) is 5.92 Å². The number of allylic oxidation sites excluding steroid dienone is 5. The van der Waals surface area contributed by atoms with Crippen molar-refractivity contribution in [1.82, 2.24) is 0 Å². The lowest BCUT2D eigenvalue weighted by Crippen LogP contribution is -2.01. The van der Waals surface area contributed by atoms with Crippen LogP contribution in [0.1, 0.15) is 33.1 Å². The van der Waals surface area contributed by atoms with E-state index in [9.17, 15) is 0 Å². The Morgan fingerprint density at radius 3 is 2.86 bits per heavy atom. The van der Waals surface area contributed by atoms with Crippen molar-refractivity contribution in [3.63, 3.8) is 0 Å². The van der Waals surface area contributed by atoms with Gasteiger partial charge >= 0.3 is 0 Å². The first-order valence-electron chi connectivity index (χ1n) is 5.59. The van der Waals surface area contributed by atoms with E-state index in [1.54, 1.807) is 0 Å². The number of hydrogen-bond donors (Lipinski definition) is 0. The van der Waals surface area contributed by atoms with E-state index in [1.165, 1.54) is 30.4 Å². The molecule has 0 saturated heterocycles. The molecule has 0 aromatic rings. The molecule has 0 radical (unpaired) electrons. The molecule has 0 heterocycles. The van der Waals surface area contributed by atoms with Gasteiger partial charge in [-0.05, 0) is 54.4 Å². The predicted molar refractivity (Wildman–Crippen MR) is 61.0 cm³/mol. The van der Waals surface area contributed by atoms with Crippen LogP contribution in [0.25, 0.3) is 0 Å². The van der Waals surface area contributed by atoms with Crippen LogP contribution in [0.5, 0.6) is 0 Å². The number of fused-ring (bicyclic) bond motifs is 1. The molecule has 1 fully saturated rings. The molecule has 74 valence electrons. The highest BCUT2D eigenvalue weighted by Crippen LogP contribution is 2.35. The van der Waals surface area contributed by atoms with E-state index < -0.39 is 0 Å². The van der Waals surface area contributed by atoms with Crippen LogP contribution in [-0.4, -0.2) is 0 Å². The summed E-state index contributed by atoms with van der Waals surface area (Å²) in [5.74, 6) is 1.58. The molecule has 2 rings (SSSR count). The minimum Gasteiger partial charge on any atom is -0.121 e. The third-order valence-corrected chi connectivity index (χ3v) is 3.30. The lowest BCUT2D eigenvalue weighted by atomic mass is 9.90. The van der Waals surface area contributed by atoms with E-state index in [1.807, 2.05) is 12.2 Å². The molecule has 14 heavy (non-hydrogen) atoms. The summed E-state index contributed by atoms with van der Waals surface area (Å²) < 4.78 is 0. The summed E-state index contributed by atoms with van der Waals surface area (Å²) in [7, 11) is 0. The average molecular weight is 186 g/mol. The largest absolute Gasteiger partial charge is 0.121 e. The monoisotopic (exact) mass is 186 g/mol. The molecule has 2 atom stereocenters. The van der Waals surface area contributed by atoms with Gasteiger partial charge in [-0.25, -0.2) is 0 Å². The number of rotatable bonds is 0. The van der Waals surface area contributed by atoms with Gasteiger partial charge in [0.05, 0.1) is 0 Å². The Labute approximate surface area is 86.7 Å². The van der Waals surface area contributed by atoms with E-state index in [-0.39, 0.29) is 0 Å². The highest BCUT2D eigenvalue weighted by molar-refractivity contribution is 5.40. The van der Waals surface area contributed by atoms with E-state index >= 15 is 0 Å². The lowest BCUT2D eigenvalue weighted by molar-refractivity contribution is 0.454. The van der Waals surface area contributed by atoms with Crippen LogP contribution in [0.3, 0.4) is 0 Å². The maximum absolute atomic E-state index is 3.15. The normalized spacial score (nSPS) is 31.3. The first-order valence-corrected chi connectivity index (χ1v) is 5.59. The van der Waals surface area contributed by atoms with E-state index in [4.69, 9.17) is 0 Å². The van der Waals surface area contributed by atoms with Gasteiger partial charge in [0.2, 0.25) is 0 Å². The summed E-state index contributed by atoms with van der Waals surface area (Å²) >= 11 is 0. The minimum absolute atomic E-state index is 0.711. The Bertz CT molecular complexity index is 335. The molecule has 0 spiro atoms. The number of hydrogen-bond acceptors (Lipinski definition) is 0. The van der Waals surface area contributed by atoms with Gasteiger partial charge in [-0.15, -0.1) is 5.73 Å². The molecule has 0 aromatic heterocycles. The summed E-state index contributed by atoms with van der Waals surface area (Å²) in [5, 5.41) is 0. The molecular formula is C14H18. The first kappa shape index (κ1) is 9.55. The zero-order valence-electron chi connectivity index (χ0n) is 9.09. The molecule has 0 nitrogen and oxygen atoms in total. The third-order valence-electron chi connectivity index (χ3n) is 3.30. The van der Waals surface area contributed by atoms with Gasteiger partial charge in [0.15, 0.2) is 0 Å². The average Bonchev–Trinajstić information content (AvgIpc) is 2.44. The molecule has 2 unspecified atom stereocenters. The smallest absolute Gasteiger partial charge is 0.0185 e. The van der Waals surface area contributed by atoms with Crippen molar-refractivity contribution in [1.29, 1.82) is 0 Å². The molecule has 0 bridgehead atoms. The fourth-order valence-corrected chi connectivity index (χ4v) is 2.50. The van der Waals surface area contributed by atoms with Crippen molar-refractivity contribution >= 4 is 0 Å². The van der Waals surface area contributed by atoms with Gasteiger partial charge in [0.25, 0.3) is 0 Å². The Kier molecular flexibility index (Phi) is 2.74. The molecule has 0 aromatic carbocycles. The van der Waals surface area contributed by atoms with Crippen LogP contribution in [0.4, 0.5) is 0 Å². The standard InChI is InChI=1S/C14H18/c1-11-8-9-13-6-4-3-5-7-14(13)12(2)10-11/h4-7,11-12H,8-10H2,1-2H3. The van der Waals surface area contributed by atoms with Gasteiger partial charge in [0.1, 0.15) is 0 Å². The maximum Gasteiger partial charge on any atom is -0.0185 e. The summed E-state index contributed by atoms with van der Waals surface area (Å²) in [4.78, 5) is 0. The van der Waals surface area contributed by atoms with Crippen LogP contribution in [-0.2, 0) is 0 Å². The van der Waals surface area contributed by atoms with Crippen molar-refractivity contribution in [3.8, 4) is 0 Å². The molecule has 2 aliphatic rings. The first-order chi connectivity index (χ1) is 6.77. The van der Waals surface area contributed by atoms with Crippen LogP contribution in [0.15, 0.2) is 41.2 Å². The van der Waals surface area contributed by atoms with Crippen LogP contribution in [0, 0.1) is 11.8 Å². The SMILES string of the molecule is CC1CCC2=CC=C=CC=C2C(C)C1. The Morgan fingerprint density at radius 2 is 2.00 bits per heavy atom. The molecule has 0 N–H and O–H groups in total. The highest BCUT2D eigenvalue weighted by Gasteiger charge is 2.20. The summed E-state index contributed by atoms with van der Waals surface area (Å²) in [6.07, 6.45) is 12.5. The highest BCUT2D eigenvalue weighted by atomic mass is 14.3. The lowest BCUT2D eigenvalue weighted by Gasteiger charge is -2.14. The molecule has 2 aliphatic carbocycles. The van der Waals surface area contributed by atoms with Gasteiger partial charge < -0.3 is 0 Å². The Morgan fingerprint density at radius 1 is 1.21 bits per heavy atom. The fourth-order valence-electron chi connectivity index (χ4n) is 2.50. The fraction of sp³-hybridized carbons (Fsp3) is 0.500. The second kappa shape index (κ2) is 4.02. The van der Waals surface area contributed by atoms with Gasteiger partial charge in [-0.3, -0.25) is 0 Å². The quantitative estimate of drug-likeness (QED) is 0.501. The van der Waals surface area contributed by atoms with Gasteiger partial charge in [-0.2, -0.15) is 0 Å². The summed E-state index contributed by atoms with van der Waals surface area (Å²) in [6.45, 7) is 4.72. The van der Waals surface area contributed by atoms with Crippen molar-refractivity contribution in [3.05, 3.63) is 41.2 Å². The minimum atomic E-state index is 0.711. The molecule has 0 amide bonds. The molecule has 0 aliphatic heterocycles. The second-order valence-electron chi connectivity index (χ2n) is 4.59. The molecule has 1 saturated carbocycles. The molecular weight excluding hydrogens is 168 g/mol. The van der Waals surface area contributed by atoms with Crippen LogP contribution in [0.2, 0.25) is 0 Å².